The highest BCUT2D eigenvalue weighted by atomic mass is 16.6. The van der Waals surface area contributed by atoms with E-state index in [1.54, 1.807) is 4.90 Å². The zero-order chi connectivity index (χ0) is 17.6. The summed E-state index contributed by atoms with van der Waals surface area (Å²) in [5.74, 6) is 1.61. The molecule has 138 valence electrons. The van der Waals surface area contributed by atoms with Crippen LogP contribution in [0.15, 0.2) is 6.07 Å². The summed E-state index contributed by atoms with van der Waals surface area (Å²) in [4.78, 5) is 24.9. The summed E-state index contributed by atoms with van der Waals surface area (Å²) in [6, 6.07) is 2.28. The van der Waals surface area contributed by atoms with Crippen LogP contribution in [0.2, 0.25) is 0 Å². The van der Waals surface area contributed by atoms with Gasteiger partial charge in [-0.25, -0.2) is 9.78 Å². The van der Waals surface area contributed by atoms with Crippen molar-refractivity contribution in [1.82, 2.24) is 14.9 Å². The van der Waals surface area contributed by atoms with Gasteiger partial charge in [0.15, 0.2) is 0 Å². The van der Waals surface area contributed by atoms with Gasteiger partial charge in [0.05, 0.1) is 19.8 Å². The number of likely N-dealkylation sites (tertiary alicyclic amines) is 1. The molecule has 2 aliphatic heterocycles. The number of carbonyl (C=O) groups excluding carboxylic acids is 1. The van der Waals surface area contributed by atoms with Crippen molar-refractivity contribution in [2.24, 2.45) is 0 Å². The Morgan fingerprint density at radius 1 is 1.28 bits per heavy atom. The van der Waals surface area contributed by atoms with E-state index in [9.17, 15) is 4.79 Å². The first-order valence-corrected chi connectivity index (χ1v) is 9.02. The van der Waals surface area contributed by atoms with Gasteiger partial charge in [-0.15, -0.1) is 0 Å². The van der Waals surface area contributed by atoms with Gasteiger partial charge in [-0.3, -0.25) is 0 Å². The Balaban J connectivity index is 1.58. The molecule has 3 rings (SSSR count). The fourth-order valence-corrected chi connectivity index (χ4v) is 3.16. The van der Waals surface area contributed by atoms with Crippen LogP contribution in [0.1, 0.15) is 25.5 Å². The molecule has 0 unspecified atom stereocenters. The van der Waals surface area contributed by atoms with Crippen molar-refractivity contribution in [3.05, 3.63) is 11.8 Å². The summed E-state index contributed by atoms with van der Waals surface area (Å²) in [7, 11) is 0. The summed E-state index contributed by atoms with van der Waals surface area (Å²) >= 11 is 0. The Morgan fingerprint density at radius 2 is 2.00 bits per heavy atom. The van der Waals surface area contributed by atoms with Crippen LogP contribution in [0.4, 0.5) is 16.6 Å². The standard InChI is InChI=1S/C17H27N5O3/c1-3-25-17(23)22-6-4-14(5-7-22)19-15-12-13(2)18-16(20-15)21-8-10-24-11-9-21/h12,14H,3-11H2,1-2H3,(H,18,19,20). The van der Waals surface area contributed by atoms with E-state index < -0.39 is 0 Å². The van der Waals surface area contributed by atoms with Crippen LogP contribution in [0.5, 0.6) is 0 Å². The highest BCUT2D eigenvalue weighted by molar-refractivity contribution is 5.67. The molecule has 3 heterocycles. The monoisotopic (exact) mass is 349 g/mol. The third kappa shape index (κ3) is 4.72. The number of ether oxygens (including phenoxy) is 2. The number of amides is 1. The molecule has 0 bridgehead atoms. The van der Waals surface area contributed by atoms with Gasteiger partial charge < -0.3 is 24.6 Å². The number of piperidine rings is 1. The second-order valence-corrected chi connectivity index (χ2v) is 6.40. The number of hydrogen-bond donors (Lipinski definition) is 1. The SMILES string of the molecule is CCOC(=O)N1CCC(Nc2cc(C)nc(N3CCOCC3)n2)CC1. The number of nitrogens with zero attached hydrogens (tertiary/aromatic N) is 4. The lowest BCUT2D eigenvalue weighted by Crippen LogP contribution is -2.42. The minimum absolute atomic E-state index is 0.214. The largest absolute Gasteiger partial charge is 0.450 e. The number of aromatic nitrogens is 2. The van der Waals surface area contributed by atoms with E-state index in [4.69, 9.17) is 9.47 Å². The van der Waals surface area contributed by atoms with E-state index in [2.05, 4.69) is 20.2 Å². The highest BCUT2D eigenvalue weighted by Gasteiger charge is 2.24. The molecule has 0 spiro atoms. The van der Waals surface area contributed by atoms with Gasteiger partial charge in [-0.1, -0.05) is 0 Å². The van der Waals surface area contributed by atoms with Crippen LogP contribution in [0.25, 0.3) is 0 Å². The van der Waals surface area contributed by atoms with Crippen molar-refractivity contribution in [1.29, 1.82) is 0 Å². The second-order valence-electron chi connectivity index (χ2n) is 6.40. The van der Waals surface area contributed by atoms with E-state index in [1.165, 1.54) is 0 Å². The number of anilines is 2. The summed E-state index contributed by atoms with van der Waals surface area (Å²) in [5.41, 5.74) is 0.947. The molecule has 1 amide bonds. The minimum atomic E-state index is -0.214. The van der Waals surface area contributed by atoms with Crippen LogP contribution >= 0.6 is 0 Å². The van der Waals surface area contributed by atoms with E-state index in [0.717, 1.165) is 43.4 Å². The minimum Gasteiger partial charge on any atom is -0.450 e. The first-order chi connectivity index (χ1) is 12.2. The van der Waals surface area contributed by atoms with Gasteiger partial charge in [-0.05, 0) is 26.7 Å². The fraction of sp³-hybridized carbons (Fsp3) is 0.706. The van der Waals surface area contributed by atoms with Crippen LogP contribution in [-0.2, 0) is 9.47 Å². The second kappa shape index (κ2) is 8.33. The highest BCUT2D eigenvalue weighted by Crippen LogP contribution is 2.19. The maximum atomic E-state index is 11.8. The van der Waals surface area contributed by atoms with E-state index >= 15 is 0 Å². The first-order valence-electron chi connectivity index (χ1n) is 9.02. The molecule has 2 aliphatic rings. The van der Waals surface area contributed by atoms with Crippen LogP contribution < -0.4 is 10.2 Å². The molecule has 8 heteroatoms. The van der Waals surface area contributed by atoms with Crippen molar-refractivity contribution < 1.29 is 14.3 Å². The van der Waals surface area contributed by atoms with Crippen molar-refractivity contribution in [2.75, 3.05) is 56.2 Å². The Kier molecular flexibility index (Phi) is 5.91. The average Bonchev–Trinajstić information content (AvgIpc) is 2.63. The molecule has 0 saturated carbocycles. The Morgan fingerprint density at radius 3 is 2.68 bits per heavy atom. The van der Waals surface area contributed by atoms with E-state index in [-0.39, 0.29) is 6.09 Å². The third-order valence-electron chi connectivity index (χ3n) is 4.51. The van der Waals surface area contributed by atoms with Crippen molar-refractivity contribution in [3.8, 4) is 0 Å². The molecule has 0 radical (unpaired) electrons. The number of hydrogen-bond acceptors (Lipinski definition) is 7. The Bertz CT molecular complexity index is 584. The Labute approximate surface area is 148 Å². The molecule has 0 atom stereocenters. The maximum Gasteiger partial charge on any atom is 0.409 e. The summed E-state index contributed by atoms with van der Waals surface area (Å²) in [5, 5.41) is 3.50. The summed E-state index contributed by atoms with van der Waals surface area (Å²) in [6.07, 6.45) is 1.55. The Hall–Kier alpha value is -2.09. The van der Waals surface area contributed by atoms with Crippen LogP contribution in [0.3, 0.4) is 0 Å². The maximum absolute atomic E-state index is 11.8. The lowest BCUT2D eigenvalue weighted by atomic mass is 10.1. The molecule has 1 aromatic rings. The number of rotatable bonds is 4. The molecule has 0 aromatic carbocycles. The molecule has 2 fully saturated rings. The van der Waals surface area contributed by atoms with E-state index in [0.29, 0.717) is 39.0 Å². The zero-order valence-corrected chi connectivity index (χ0v) is 15.0. The average molecular weight is 349 g/mol. The van der Waals surface area contributed by atoms with Gasteiger partial charge in [-0.2, -0.15) is 4.98 Å². The number of nitrogens with one attached hydrogen (secondary N) is 1. The van der Waals surface area contributed by atoms with Gasteiger partial charge >= 0.3 is 6.09 Å². The van der Waals surface area contributed by atoms with Crippen molar-refractivity contribution >= 4 is 17.9 Å². The predicted molar refractivity (Wildman–Crippen MR) is 95.0 cm³/mol. The summed E-state index contributed by atoms with van der Waals surface area (Å²) < 4.78 is 10.5. The molecule has 0 aliphatic carbocycles. The zero-order valence-electron chi connectivity index (χ0n) is 15.0. The van der Waals surface area contributed by atoms with Gasteiger partial charge in [0.2, 0.25) is 5.95 Å². The number of aryl methyl sites for hydroxylation is 1. The van der Waals surface area contributed by atoms with Gasteiger partial charge in [0, 0.05) is 44.0 Å². The summed E-state index contributed by atoms with van der Waals surface area (Å²) in [6.45, 7) is 8.71. The molecular weight excluding hydrogens is 322 g/mol. The number of morpholine rings is 1. The lowest BCUT2D eigenvalue weighted by molar-refractivity contribution is 0.0983. The quantitative estimate of drug-likeness (QED) is 0.885. The lowest BCUT2D eigenvalue weighted by Gasteiger charge is -2.32. The smallest absolute Gasteiger partial charge is 0.409 e. The number of carbonyl (C=O) groups is 1. The van der Waals surface area contributed by atoms with Crippen molar-refractivity contribution in [2.45, 2.75) is 32.7 Å². The van der Waals surface area contributed by atoms with E-state index in [1.807, 2.05) is 19.9 Å². The van der Waals surface area contributed by atoms with Gasteiger partial charge in [0.1, 0.15) is 5.82 Å². The molecule has 8 nitrogen and oxygen atoms in total. The van der Waals surface area contributed by atoms with Crippen LogP contribution in [-0.4, -0.2) is 73.0 Å². The van der Waals surface area contributed by atoms with Gasteiger partial charge in [0.25, 0.3) is 0 Å². The normalized spacial score (nSPS) is 19.0. The molecular formula is C17H27N5O3. The predicted octanol–water partition coefficient (Wildman–Crippen LogP) is 1.65. The topological polar surface area (TPSA) is 79.8 Å². The fourth-order valence-electron chi connectivity index (χ4n) is 3.16. The third-order valence-corrected chi connectivity index (χ3v) is 4.51. The molecule has 25 heavy (non-hydrogen) atoms. The molecule has 2 saturated heterocycles. The first kappa shape index (κ1) is 17.7. The van der Waals surface area contributed by atoms with Crippen LogP contribution in [0, 0.1) is 6.92 Å². The van der Waals surface area contributed by atoms with Crippen molar-refractivity contribution in [3.63, 3.8) is 0 Å². The molecule has 1 aromatic heterocycles. The molecule has 1 N–H and O–H groups in total.